The first kappa shape index (κ1) is 18.3. The zero-order valence-corrected chi connectivity index (χ0v) is 16.3. The third-order valence-electron chi connectivity index (χ3n) is 4.08. The first-order valence-electron chi connectivity index (χ1n) is 8.79. The van der Waals surface area contributed by atoms with Crippen molar-refractivity contribution < 1.29 is 9.90 Å². The van der Waals surface area contributed by atoms with Crippen LogP contribution in [0.3, 0.4) is 0 Å². The molecule has 1 amide bonds. The molecule has 0 bridgehead atoms. The summed E-state index contributed by atoms with van der Waals surface area (Å²) in [5, 5.41) is 21.2. The fraction of sp³-hybridized carbons (Fsp3) is 0.263. The number of amides is 1. The number of rotatable bonds is 6. The molecule has 2 N–H and O–H groups in total. The predicted molar refractivity (Wildman–Crippen MR) is 106 cm³/mol. The molecule has 0 aliphatic carbocycles. The standard InChI is InChI=1S/C19H20N6O2S/c1-19(2,27)11-24-10-14(8-22-24)15-4-5-16(28-15)18(26)20-7-13-3-6-17-21-12-23-25(17)9-13/h3-6,8-10,12,27H,7,11H2,1-2H3,(H,20,26). The van der Waals surface area contributed by atoms with Gasteiger partial charge < -0.3 is 10.4 Å². The van der Waals surface area contributed by atoms with Gasteiger partial charge in [0, 0.05) is 29.4 Å². The minimum absolute atomic E-state index is 0.126. The molecule has 0 aliphatic rings. The third-order valence-corrected chi connectivity index (χ3v) is 5.22. The number of thiophene rings is 1. The number of carbonyl (C=O) groups excluding carboxylic acids is 1. The molecule has 4 aromatic rings. The van der Waals surface area contributed by atoms with Crippen LogP contribution >= 0.6 is 11.3 Å². The third kappa shape index (κ3) is 4.10. The second kappa shape index (κ2) is 7.17. The van der Waals surface area contributed by atoms with Crippen molar-refractivity contribution in [3.8, 4) is 10.4 Å². The van der Waals surface area contributed by atoms with Gasteiger partial charge in [-0.2, -0.15) is 10.2 Å². The van der Waals surface area contributed by atoms with Crippen molar-refractivity contribution in [3.05, 3.63) is 59.6 Å². The lowest BCUT2D eigenvalue weighted by Gasteiger charge is -2.16. The van der Waals surface area contributed by atoms with E-state index in [-0.39, 0.29) is 5.91 Å². The lowest BCUT2D eigenvalue weighted by atomic mass is 10.1. The normalized spacial score (nSPS) is 11.8. The van der Waals surface area contributed by atoms with Gasteiger partial charge in [-0.15, -0.1) is 11.3 Å². The largest absolute Gasteiger partial charge is 0.389 e. The van der Waals surface area contributed by atoms with Gasteiger partial charge >= 0.3 is 0 Å². The van der Waals surface area contributed by atoms with Crippen LogP contribution in [0.4, 0.5) is 0 Å². The van der Waals surface area contributed by atoms with Crippen LogP contribution in [0.1, 0.15) is 29.1 Å². The molecule has 0 aliphatic heterocycles. The molecule has 4 aromatic heterocycles. The second-order valence-corrected chi connectivity index (χ2v) is 8.27. The van der Waals surface area contributed by atoms with Gasteiger partial charge in [-0.1, -0.05) is 6.07 Å². The Balaban J connectivity index is 1.41. The minimum atomic E-state index is -0.834. The molecule has 144 valence electrons. The highest BCUT2D eigenvalue weighted by molar-refractivity contribution is 7.17. The highest BCUT2D eigenvalue weighted by atomic mass is 32.1. The Morgan fingerprint density at radius 2 is 2.07 bits per heavy atom. The van der Waals surface area contributed by atoms with Gasteiger partial charge in [0.2, 0.25) is 0 Å². The van der Waals surface area contributed by atoms with Crippen LogP contribution in [0.25, 0.3) is 16.1 Å². The van der Waals surface area contributed by atoms with Gasteiger partial charge in [0.1, 0.15) is 6.33 Å². The number of fused-ring (bicyclic) bond motifs is 1. The summed E-state index contributed by atoms with van der Waals surface area (Å²) < 4.78 is 3.38. The maximum Gasteiger partial charge on any atom is 0.261 e. The zero-order valence-electron chi connectivity index (χ0n) is 15.5. The molecule has 0 fully saturated rings. The van der Waals surface area contributed by atoms with Gasteiger partial charge in [0.25, 0.3) is 5.91 Å². The van der Waals surface area contributed by atoms with E-state index in [9.17, 15) is 9.90 Å². The lowest BCUT2D eigenvalue weighted by molar-refractivity contribution is 0.0577. The molecule has 0 aromatic carbocycles. The van der Waals surface area contributed by atoms with Crippen molar-refractivity contribution in [1.82, 2.24) is 29.7 Å². The lowest BCUT2D eigenvalue weighted by Crippen LogP contribution is -2.26. The van der Waals surface area contributed by atoms with E-state index in [1.165, 1.54) is 17.7 Å². The van der Waals surface area contributed by atoms with Crippen molar-refractivity contribution in [3.63, 3.8) is 0 Å². The zero-order chi connectivity index (χ0) is 19.7. The van der Waals surface area contributed by atoms with Crippen molar-refractivity contribution in [2.75, 3.05) is 0 Å². The summed E-state index contributed by atoms with van der Waals surface area (Å²) in [5.41, 5.74) is 1.79. The number of hydrogen-bond donors (Lipinski definition) is 2. The molecule has 9 heteroatoms. The van der Waals surface area contributed by atoms with E-state index in [0.717, 1.165) is 21.7 Å². The van der Waals surface area contributed by atoms with Gasteiger partial charge in [-0.05, 0) is 37.6 Å². The smallest absolute Gasteiger partial charge is 0.261 e. The Morgan fingerprint density at radius 1 is 1.21 bits per heavy atom. The van der Waals surface area contributed by atoms with Crippen molar-refractivity contribution >= 4 is 22.9 Å². The van der Waals surface area contributed by atoms with Crippen LogP contribution in [0, 0.1) is 0 Å². The molecule has 0 saturated carbocycles. The number of carbonyl (C=O) groups is 1. The quantitative estimate of drug-likeness (QED) is 0.521. The first-order chi connectivity index (χ1) is 13.4. The number of hydrogen-bond acceptors (Lipinski definition) is 6. The summed E-state index contributed by atoms with van der Waals surface area (Å²) in [6.07, 6.45) is 6.96. The maximum atomic E-state index is 12.5. The van der Waals surface area contributed by atoms with Crippen LogP contribution in [-0.4, -0.2) is 41.0 Å². The summed E-state index contributed by atoms with van der Waals surface area (Å²) >= 11 is 1.41. The molecule has 0 saturated heterocycles. The van der Waals surface area contributed by atoms with E-state index in [1.54, 1.807) is 29.2 Å². The monoisotopic (exact) mass is 396 g/mol. The van der Waals surface area contributed by atoms with Crippen molar-refractivity contribution in [2.24, 2.45) is 0 Å². The van der Waals surface area contributed by atoms with Gasteiger partial charge in [0.15, 0.2) is 5.65 Å². The topological polar surface area (TPSA) is 97.3 Å². The second-order valence-electron chi connectivity index (χ2n) is 7.19. The SMILES string of the molecule is CC(C)(O)Cn1cc(-c2ccc(C(=O)NCc3ccc4ncnn4c3)s2)cn1. The average Bonchev–Trinajstić information content (AvgIpc) is 3.37. The molecule has 4 rings (SSSR count). The number of nitrogens with one attached hydrogen (secondary N) is 1. The van der Waals surface area contributed by atoms with Crippen LogP contribution in [0.5, 0.6) is 0 Å². The molecule has 0 radical (unpaired) electrons. The molecule has 28 heavy (non-hydrogen) atoms. The highest BCUT2D eigenvalue weighted by Gasteiger charge is 2.16. The summed E-state index contributed by atoms with van der Waals surface area (Å²) in [4.78, 5) is 18.2. The van der Waals surface area contributed by atoms with Gasteiger partial charge in [-0.3, -0.25) is 9.48 Å². The highest BCUT2D eigenvalue weighted by Crippen LogP contribution is 2.28. The molecule has 0 spiro atoms. The average molecular weight is 396 g/mol. The van der Waals surface area contributed by atoms with E-state index >= 15 is 0 Å². The Hall–Kier alpha value is -3.04. The van der Waals surface area contributed by atoms with Crippen LogP contribution in [0.15, 0.2) is 49.2 Å². The number of nitrogens with zero attached hydrogens (tertiary/aromatic N) is 5. The van der Waals surface area contributed by atoms with E-state index in [0.29, 0.717) is 18.0 Å². The van der Waals surface area contributed by atoms with Gasteiger partial charge in [0.05, 0.1) is 23.2 Å². The van der Waals surface area contributed by atoms with Gasteiger partial charge in [-0.25, -0.2) is 9.50 Å². The van der Waals surface area contributed by atoms with Crippen LogP contribution < -0.4 is 5.32 Å². The van der Waals surface area contributed by atoms with E-state index in [2.05, 4.69) is 20.5 Å². The fourth-order valence-corrected chi connectivity index (χ4v) is 3.72. The van der Waals surface area contributed by atoms with E-state index in [1.807, 2.05) is 36.7 Å². The van der Waals surface area contributed by atoms with Crippen molar-refractivity contribution in [2.45, 2.75) is 32.5 Å². The molecule has 4 heterocycles. The fourth-order valence-electron chi connectivity index (χ4n) is 2.82. The van der Waals surface area contributed by atoms with E-state index in [4.69, 9.17) is 0 Å². The molecule has 0 atom stereocenters. The molecule has 8 nitrogen and oxygen atoms in total. The summed E-state index contributed by atoms with van der Waals surface area (Å²) in [5.74, 6) is -0.126. The molecular weight excluding hydrogens is 376 g/mol. The Morgan fingerprint density at radius 3 is 2.89 bits per heavy atom. The number of aliphatic hydroxyl groups is 1. The van der Waals surface area contributed by atoms with E-state index < -0.39 is 5.60 Å². The number of aromatic nitrogens is 5. The molecular formula is C19H20N6O2S. The van der Waals surface area contributed by atoms with Crippen LogP contribution in [-0.2, 0) is 13.1 Å². The summed E-state index contributed by atoms with van der Waals surface area (Å²) in [7, 11) is 0. The molecule has 0 unspecified atom stereocenters. The Kier molecular flexibility index (Phi) is 4.70. The first-order valence-corrected chi connectivity index (χ1v) is 9.60. The predicted octanol–water partition coefficient (Wildman–Crippen LogP) is 2.36. The Labute approximate surface area is 165 Å². The summed E-state index contributed by atoms with van der Waals surface area (Å²) in [6, 6.07) is 7.50. The minimum Gasteiger partial charge on any atom is -0.389 e. The maximum absolute atomic E-state index is 12.5. The Bertz CT molecular complexity index is 1120. The summed E-state index contributed by atoms with van der Waals surface area (Å²) in [6.45, 7) is 4.29. The van der Waals surface area contributed by atoms with Crippen LogP contribution in [0.2, 0.25) is 0 Å². The van der Waals surface area contributed by atoms with Crippen molar-refractivity contribution in [1.29, 1.82) is 0 Å². The number of pyridine rings is 1.